The van der Waals surface area contributed by atoms with Gasteiger partial charge in [-0.25, -0.2) is 0 Å². The fourth-order valence-corrected chi connectivity index (χ4v) is 2.36. The van der Waals surface area contributed by atoms with Crippen LogP contribution in [0.15, 0.2) is 46.6 Å². The molecule has 0 heterocycles. The minimum atomic E-state index is -0.135. The third kappa shape index (κ3) is 4.78. The molecule has 0 bridgehead atoms. The standard InChI is InChI=1S/C16H16Cl2N4O2/c1-23-14-4-2-3-10(8-21-22-16(19)20)15(14)24-9-11-5-6-12(17)7-13(11)18/h2-8H,9H2,1H3,(H4,19,20,22)/b21-8+. The summed E-state index contributed by atoms with van der Waals surface area (Å²) in [5, 5.41) is 8.45. The first-order valence-electron chi connectivity index (χ1n) is 6.87. The summed E-state index contributed by atoms with van der Waals surface area (Å²) < 4.78 is 11.2. The fourth-order valence-electron chi connectivity index (χ4n) is 1.90. The second kappa shape index (κ2) is 8.42. The summed E-state index contributed by atoms with van der Waals surface area (Å²) in [4.78, 5) is 0. The van der Waals surface area contributed by atoms with Gasteiger partial charge in [-0.05, 0) is 24.3 Å². The number of halogens is 2. The van der Waals surface area contributed by atoms with Gasteiger partial charge in [0.1, 0.15) is 6.61 Å². The van der Waals surface area contributed by atoms with Gasteiger partial charge in [0.05, 0.1) is 13.3 Å². The SMILES string of the molecule is COc1cccc(/C=N/N=C(N)N)c1OCc1ccc(Cl)cc1Cl. The highest BCUT2D eigenvalue weighted by Gasteiger charge is 2.11. The summed E-state index contributed by atoms with van der Waals surface area (Å²) in [6.45, 7) is 0.236. The van der Waals surface area contributed by atoms with Gasteiger partial charge in [0.15, 0.2) is 11.5 Å². The molecule has 0 aliphatic rings. The Hall–Kier alpha value is -2.44. The van der Waals surface area contributed by atoms with Crippen molar-refractivity contribution in [1.29, 1.82) is 0 Å². The van der Waals surface area contributed by atoms with Crippen molar-refractivity contribution in [1.82, 2.24) is 0 Å². The summed E-state index contributed by atoms with van der Waals surface area (Å²) >= 11 is 12.1. The van der Waals surface area contributed by atoms with E-state index in [1.165, 1.54) is 6.21 Å². The van der Waals surface area contributed by atoms with Gasteiger partial charge in [-0.1, -0.05) is 35.3 Å². The van der Waals surface area contributed by atoms with Crippen LogP contribution in [0.2, 0.25) is 10.0 Å². The van der Waals surface area contributed by atoms with Gasteiger partial charge in [-0.15, -0.1) is 5.10 Å². The van der Waals surface area contributed by atoms with E-state index in [1.54, 1.807) is 43.5 Å². The minimum absolute atomic E-state index is 0.135. The molecule has 0 radical (unpaired) electrons. The van der Waals surface area contributed by atoms with Crippen LogP contribution >= 0.6 is 23.2 Å². The maximum absolute atomic E-state index is 6.16. The van der Waals surface area contributed by atoms with Gasteiger partial charge in [0.2, 0.25) is 5.96 Å². The van der Waals surface area contributed by atoms with Crippen molar-refractivity contribution in [3.63, 3.8) is 0 Å². The second-order valence-electron chi connectivity index (χ2n) is 4.67. The molecule has 4 N–H and O–H groups in total. The fraction of sp³-hybridized carbons (Fsp3) is 0.125. The van der Waals surface area contributed by atoms with Crippen molar-refractivity contribution >= 4 is 35.4 Å². The number of hydrogen-bond donors (Lipinski definition) is 2. The lowest BCUT2D eigenvalue weighted by Crippen LogP contribution is -2.21. The van der Waals surface area contributed by atoms with E-state index >= 15 is 0 Å². The van der Waals surface area contributed by atoms with E-state index in [0.717, 1.165) is 5.56 Å². The smallest absolute Gasteiger partial charge is 0.211 e. The number of rotatable bonds is 6. The molecule has 0 aliphatic carbocycles. The molecular weight excluding hydrogens is 351 g/mol. The summed E-state index contributed by atoms with van der Waals surface area (Å²) in [7, 11) is 1.55. The van der Waals surface area contributed by atoms with E-state index in [9.17, 15) is 0 Å². The molecule has 6 nitrogen and oxygen atoms in total. The Morgan fingerprint density at radius 2 is 2.00 bits per heavy atom. The molecule has 0 unspecified atom stereocenters. The number of hydrogen-bond acceptors (Lipinski definition) is 4. The summed E-state index contributed by atoms with van der Waals surface area (Å²) in [5.41, 5.74) is 11.9. The maximum Gasteiger partial charge on any atom is 0.211 e. The van der Waals surface area contributed by atoms with Gasteiger partial charge in [0.25, 0.3) is 0 Å². The Kier molecular flexibility index (Phi) is 6.28. The predicted octanol–water partition coefficient (Wildman–Crippen LogP) is 3.19. The topological polar surface area (TPSA) is 95.2 Å². The van der Waals surface area contributed by atoms with Crippen molar-refractivity contribution in [2.75, 3.05) is 7.11 Å². The molecule has 0 fully saturated rings. The van der Waals surface area contributed by atoms with Gasteiger partial charge < -0.3 is 20.9 Å². The average Bonchev–Trinajstić information content (AvgIpc) is 2.54. The number of methoxy groups -OCH3 is 1. The van der Waals surface area contributed by atoms with Crippen LogP contribution in [-0.4, -0.2) is 19.3 Å². The normalized spacial score (nSPS) is 10.6. The van der Waals surface area contributed by atoms with Gasteiger partial charge in [-0.2, -0.15) is 5.10 Å². The molecule has 0 atom stereocenters. The van der Waals surface area contributed by atoms with E-state index in [4.69, 9.17) is 44.1 Å². The zero-order chi connectivity index (χ0) is 17.5. The Morgan fingerprint density at radius 3 is 2.67 bits per heavy atom. The number of nitrogens with zero attached hydrogens (tertiary/aromatic N) is 2. The van der Waals surface area contributed by atoms with Crippen LogP contribution in [0.3, 0.4) is 0 Å². The van der Waals surface area contributed by atoms with Gasteiger partial charge >= 0.3 is 0 Å². The third-order valence-corrected chi connectivity index (χ3v) is 3.57. The minimum Gasteiger partial charge on any atom is -0.493 e. The number of nitrogens with two attached hydrogens (primary N) is 2. The third-order valence-electron chi connectivity index (χ3n) is 2.99. The van der Waals surface area contributed by atoms with Crippen molar-refractivity contribution in [3.05, 3.63) is 57.6 Å². The van der Waals surface area contributed by atoms with Crippen LogP contribution < -0.4 is 20.9 Å². The monoisotopic (exact) mass is 366 g/mol. The van der Waals surface area contributed by atoms with Crippen LogP contribution in [0.25, 0.3) is 0 Å². The van der Waals surface area contributed by atoms with E-state index in [0.29, 0.717) is 27.1 Å². The quantitative estimate of drug-likeness (QED) is 0.466. The van der Waals surface area contributed by atoms with Crippen LogP contribution in [0.1, 0.15) is 11.1 Å². The highest BCUT2D eigenvalue weighted by molar-refractivity contribution is 6.35. The Labute approximate surface area is 149 Å². The van der Waals surface area contributed by atoms with Crippen LogP contribution in [0.4, 0.5) is 0 Å². The number of para-hydroxylation sites is 1. The molecule has 2 aromatic rings. The zero-order valence-corrected chi connectivity index (χ0v) is 14.4. The van der Waals surface area contributed by atoms with Crippen molar-refractivity contribution < 1.29 is 9.47 Å². The van der Waals surface area contributed by atoms with Gasteiger partial charge in [-0.3, -0.25) is 0 Å². The molecule has 24 heavy (non-hydrogen) atoms. The molecule has 126 valence electrons. The molecule has 8 heteroatoms. The molecule has 0 aromatic heterocycles. The first-order valence-corrected chi connectivity index (χ1v) is 7.62. The Balaban J connectivity index is 2.27. The van der Waals surface area contributed by atoms with Crippen LogP contribution in [-0.2, 0) is 6.61 Å². The van der Waals surface area contributed by atoms with Crippen molar-refractivity contribution in [2.45, 2.75) is 6.61 Å². The van der Waals surface area contributed by atoms with Crippen LogP contribution in [0.5, 0.6) is 11.5 Å². The highest BCUT2D eigenvalue weighted by Crippen LogP contribution is 2.32. The number of guanidine groups is 1. The van der Waals surface area contributed by atoms with E-state index in [1.807, 2.05) is 0 Å². The van der Waals surface area contributed by atoms with Crippen molar-refractivity contribution in [3.8, 4) is 11.5 Å². The predicted molar refractivity (Wildman–Crippen MR) is 97.2 cm³/mol. The van der Waals surface area contributed by atoms with Crippen LogP contribution in [0, 0.1) is 0 Å². The second-order valence-corrected chi connectivity index (χ2v) is 5.52. The zero-order valence-electron chi connectivity index (χ0n) is 12.9. The van der Waals surface area contributed by atoms with Gasteiger partial charge in [0, 0.05) is 21.2 Å². The summed E-state index contributed by atoms with van der Waals surface area (Å²) in [6.07, 6.45) is 1.47. The molecule has 0 saturated heterocycles. The first-order chi connectivity index (χ1) is 11.5. The van der Waals surface area contributed by atoms with E-state index < -0.39 is 0 Å². The number of ether oxygens (including phenoxy) is 2. The molecule has 0 saturated carbocycles. The lowest BCUT2D eigenvalue weighted by Gasteiger charge is -2.13. The maximum atomic E-state index is 6.16. The van der Waals surface area contributed by atoms with E-state index in [2.05, 4.69) is 10.2 Å². The van der Waals surface area contributed by atoms with E-state index in [-0.39, 0.29) is 12.6 Å². The lowest BCUT2D eigenvalue weighted by atomic mass is 10.2. The summed E-state index contributed by atoms with van der Waals surface area (Å²) in [5.74, 6) is 0.916. The molecule has 0 aliphatic heterocycles. The average molecular weight is 367 g/mol. The Morgan fingerprint density at radius 1 is 1.21 bits per heavy atom. The largest absolute Gasteiger partial charge is 0.493 e. The molecule has 2 aromatic carbocycles. The molecule has 2 rings (SSSR count). The Bertz CT molecular complexity index is 775. The highest BCUT2D eigenvalue weighted by atomic mass is 35.5. The first kappa shape index (κ1) is 17.9. The number of benzene rings is 2. The molecule has 0 spiro atoms. The lowest BCUT2D eigenvalue weighted by molar-refractivity contribution is 0.284. The van der Waals surface area contributed by atoms with Crippen molar-refractivity contribution in [2.24, 2.45) is 21.7 Å². The molecule has 0 amide bonds. The summed E-state index contributed by atoms with van der Waals surface area (Å²) in [6, 6.07) is 10.6. The molecular formula is C16H16Cl2N4O2.